The Morgan fingerprint density at radius 2 is 1.60 bits per heavy atom. The summed E-state index contributed by atoms with van der Waals surface area (Å²) in [7, 11) is 0. The third-order valence-corrected chi connectivity index (χ3v) is 5.57. The van der Waals surface area contributed by atoms with Gasteiger partial charge in [-0.25, -0.2) is 0 Å². The van der Waals surface area contributed by atoms with Gasteiger partial charge in [-0.15, -0.1) is 0 Å². The van der Waals surface area contributed by atoms with Gasteiger partial charge in [0, 0.05) is 0 Å². The summed E-state index contributed by atoms with van der Waals surface area (Å²) in [5, 5.41) is 0. The molecule has 0 nitrogen and oxygen atoms in total. The molecule has 0 radical (unpaired) electrons. The molecule has 1 atom stereocenters. The predicted molar refractivity (Wildman–Crippen MR) is 46.0 cm³/mol. The summed E-state index contributed by atoms with van der Waals surface area (Å²) in [6, 6.07) is 0. The molecule has 0 amide bonds. The molecule has 0 spiro atoms. The summed E-state index contributed by atoms with van der Waals surface area (Å²) in [4.78, 5) is 0. The topological polar surface area (TPSA) is 0 Å². The summed E-state index contributed by atoms with van der Waals surface area (Å²) in [6.45, 7) is 9.11. The van der Waals surface area contributed by atoms with Gasteiger partial charge in [-0.3, -0.25) is 0 Å². The van der Waals surface area contributed by atoms with Crippen LogP contribution < -0.4 is 0 Å². The average Bonchev–Trinajstić information content (AvgIpc) is 2.07. The molecule has 0 bridgehead atoms. The van der Waals surface area contributed by atoms with Crippen LogP contribution in [-0.4, -0.2) is 49.0 Å². The van der Waals surface area contributed by atoms with Gasteiger partial charge in [0.05, 0.1) is 0 Å². The quantitative estimate of drug-likeness (QED) is 0.477. The minimum absolute atomic E-state index is 0.778. The molecule has 0 aromatic carbocycles. The van der Waals surface area contributed by atoms with Gasteiger partial charge in [0.15, 0.2) is 0 Å². The monoisotopic (exact) mass is 160 g/mol. The zero-order chi connectivity index (χ0) is 7.89. The molecule has 0 fully saturated rings. The van der Waals surface area contributed by atoms with Crippen molar-refractivity contribution in [3.05, 3.63) is 16.4 Å². The zero-order valence-corrected chi connectivity index (χ0v) is 10.7. The van der Waals surface area contributed by atoms with Gasteiger partial charge in [0.1, 0.15) is 0 Å². The Morgan fingerprint density at radius 3 is 1.70 bits per heavy atom. The van der Waals surface area contributed by atoms with E-state index in [1.54, 1.807) is 16.4 Å². The zero-order valence-electron chi connectivity index (χ0n) is 7.58. The Morgan fingerprint density at radius 1 is 1.10 bits per heavy atom. The fourth-order valence-corrected chi connectivity index (χ4v) is 2.83. The van der Waals surface area contributed by atoms with Crippen LogP contribution in [0.2, 0.25) is 0 Å². The van der Waals surface area contributed by atoms with E-state index in [1.807, 2.05) is 0 Å². The second kappa shape index (κ2) is 3.24. The Bertz CT molecular complexity index is 197. The molecule has 10 heavy (non-hydrogen) atoms. The van der Waals surface area contributed by atoms with Crippen molar-refractivity contribution in [3.63, 3.8) is 0 Å². The first-order valence-electron chi connectivity index (χ1n) is 3.90. The van der Waals surface area contributed by atoms with Gasteiger partial charge in [0.25, 0.3) is 0 Å². The van der Waals surface area contributed by atoms with E-state index < -0.39 is 0 Å². The second-order valence-electron chi connectivity index (χ2n) is 3.34. The van der Waals surface area contributed by atoms with Crippen molar-refractivity contribution in [1.82, 2.24) is 0 Å². The summed E-state index contributed by atoms with van der Waals surface area (Å²) >= 11 is 0.884. The molecular formula is C9H13K. The maximum atomic E-state index is 2.33. The molecule has 0 heterocycles. The molecule has 1 aliphatic rings. The molecule has 1 rings (SSSR count). The third kappa shape index (κ3) is 1.35. The van der Waals surface area contributed by atoms with Crippen LogP contribution in [0.4, 0.5) is 0 Å². The molecule has 0 N–H and O–H groups in total. The fourth-order valence-electron chi connectivity index (χ4n) is 1.57. The van der Waals surface area contributed by atoms with Crippen LogP contribution >= 0.6 is 0 Å². The summed E-state index contributed by atoms with van der Waals surface area (Å²) in [5.74, 6) is 0.778. The molecule has 0 saturated heterocycles. The third-order valence-electron chi connectivity index (χ3n) is 3.04. The Kier molecular flexibility index (Phi) is 2.98. The van der Waals surface area contributed by atoms with Crippen LogP contribution in [0.5, 0.6) is 0 Å². The van der Waals surface area contributed by atoms with Gasteiger partial charge in [-0.1, -0.05) is 0 Å². The van der Waals surface area contributed by atoms with E-state index in [2.05, 4.69) is 27.7 Å². The Labute approximate surface area is 97.4 Å². The van der Waals surface area contributed by atoms with Crippen LogP contribution in [0.1, 0.15) is 27.7 Å². The molecule has 0 saturated carbocycles. The van der Waals surface area contributed by atoms with Crippen molar-refractivity contribution in [2.75, 3.05) is 0 Å². The molecule has 50 valence electrons. The van der Waals surface area contributed by atoms with E-state index in [-0.39, 0.29) is 0 Å². The molecular weight excluding hydrogens is 147 g/mol. The van der Waals surface area contributed by atoms with Crippen LogP contribution in [0, 0.1) is 5.92 Å². The SMILES string of the molecule is CC1=C(C)C(C)[C]([K])=C1C. The van der Waals surface area contributed by atoms with Crippen molar-refractivity contribution in [2.45, 2.75) is 27.7 Å². The van der Waals surface area contributed by atoms with Crippen LogP contribution in [-0.2, 0) is 0 Å². The van der Waals surface area contributed by atoms with Gasteiger partial charge >= 0.3 is 99.0 Å². The van der Waals surface area contributed by atoms with E-state index in [1.165, 1.54) is 0 Å². The molecule has 0 aliphatic heterocycles. The molecule has 1 unspecified atom stereocenters. The number of rotatable bonds is 0. The van der Waals surface area contributed by atoms with E-state index in [4.69, 9.17) is 0 Å². The van der Waals surface area contributed by atoms with E-state index in [9.17, 15) is 0 Å². The fraction of sp³-hybridized carbons (Fsp3) is 0.556. The minimum atomic E-state index is 0.778. The summed E-state index contributed by atoms with van der Waals surface area (Å²) in [5.41, 5.74) is 4.74. The van der Waals surface area contributed by atoms with Crippen LogP contribution in [0.25, 0.3) is 0 Å². The second-order valence-corrected chi connectivity index (χ2v) is 5.02. The van der Waals surface area contributed by atoms with Crippen molar-refractivity contribution in [2.24, 2.45) is 5.92 Å². The van der Waals surface area contributed by atoms with Gasteiger partial charge < -0.3 is 0 Å². The first kappa shape index (κ1) is 9.21. The number of hydrogen-bond donors (Lipinski definition) is 0. The standard InChI is InChI=1S/C9H13.K/c1-6-5-7(2)9(4)8(6)3;/h6H,1-4H3;. The molecule has 0 aromatic heterocycles. The normalized spacial score (nSPS) is 26.8. The van der Waals surface area contributed by atoms with Crippen molar-refractivity contribution in [3.8, 4) is 0 Å². The number of hydrogen-bond acceptors (Lipinski definition) is 0. The first-order chi connectivity index (χ1) is 4.55. The van der Waals surface area contributed by atoms with Crippen molar-refractivity contribution < 1.29 is 0 Å². The van der Waals surface area contributed by atoms with Crippen LogP contribution in [0.3, 0.4) is 0 Å². The van der Waals surface area contributed by atoms with Gasteiger partial charge in [-0.2, -0.15) is 0 Å². The average molecular weight is 160 g/mol. The van der Waals surface area contributed by atoms with E-state index in [0.717, 1.165) is 54.9 Å². The summed E-state index contributed by atoms with van der Waals surface area (Å²) in [6.07, 6.45) is 0. The first-order valence-corrected chi connectivity index (χ1v) is 5.47. The van der Waals surface area contributed by atoms with E-state index >= 15 is 0 Å². The van der Waals surface area contributed by atoms with E-state index in [0.29, 0.717) is 0 Å². The molecule has 0 aromatic rings. The number of allylic oxidation sites excluding steroid dienone is 4. The Hall–Kier alpha value is 1.12. The summed E-state index contributed by atoms with van der Waals surface area (Å²) < 4.78 is 1.74. The molecule has 1 aliphatic carbocycles. The van der Waals surface area contributed by atoms with Gasteiger partial charge in [0.2, 0.25) is 0 Å². The van der Waals surface area contributed by atoms with Crippen molar-refractivity contribution in [1.29, 1.82) is 0 Å². The van der Waals surface area contributed by atoms with Crippen molar-refractivity contribution >= 4 is 49.0 Å². The maximum absolute atomic E-state index is 2.33. The molecule has 1 heteroatoms. The van der Waals surface area contributed by atoms with Crippen LogP contribution in [0.15, 0.2) is 16.4 Å². The predicted octanol–water partition coefficient (Wildman–Crippen LogP) is 2.42. The Balaban J connectivity index is 3.09. The van der Waals surface area contributed by atoms with Gasteiger partial charge in [-0.05, 0) is 0 Å².